The highest BCUT2D eigenvalue weighted by molar-refractivity contribution is 5.82. The quantitative estimate of drug-likeness (QED) is 0.610. The molecule has 1 unspecified atom stereocenters. The maximum absolute atomic E-state index is 5.59. The Morgan fingerprint density at radius 1 is 1.64 bits per heavy atom. The van der Waals surface area contributed by atoms with Crippen molar-refractivity contribution in [3.05, 3.63) is 0 Å². The summed E-state index contributed by atoms with van der Waals surface area (Å²) in [5.41, 5.74) is 5.59. The summed E-state index contributed by atoms with van der Waals surface area (Å²) in [5, 5.41) is 3.25. The molecule has 0 fully saturated rings. The van der Waals surface area contributed by atoms with Gasteiger partial charge in [0.2, 0.25) is 0 Å². The lowest BCUT2D eigenvalue weighted by Crippen LogP contribution is -2.36. The van der Waals surface area contributed by atoms with E-state index in [1.54, 1.807) is 0 Å². The van der Waals surface area contributed by atoms with Crippen LogP contribution in [0.2, 0.25) is 0 Å². The summed E-state index contributed by atoms with van der Waals surface area (Å²) in [6, 6.07) is 0.222. The van der Waals surface area contributed by atoms with E-state index >= 15 is 0 Å². The second kappa shape index (κ2) is 4.34. The lowest BCUT2D eigenvalue weighted by molar-refractivity contribution is 0.664. The number of aliphatic imine (C=N–C) groups is 1. The summed E-state index contributed by atoms with van der Waals surface area (Å²) in [5.74, 6) is 1.15. The lowest BCUT2D eigenvalue weighted by atomic mass is 10.2. The highest BCUT2D eigenvalue weighted by atomic mass is 15.0. The molecular formula is C8H17N3. The van der Waals surface area contributed by atoms with Gasteiger partial charge in [-0.3, -0.25) is 4.99 Å². The van der Waals surface area contributed by atoms with Gasteiger partial charge in [0.15, 0.2) is 0 Å². The van der Waals surface area contributed by atoms with Crippen LogP contribution >= 0.6 is 0 Å². The Hall–Kier alpha value is -0.570. The molecule has 11 heavy (non-hydrogen) atoms. The van der Waals surface area contributed by atoms with E-state index in [0.29, 0.717) is 0 Å². The van der Waals surface area contributed by atoms with Gasteiger partial charge in [-0.05, 0) is 19.8 Å². The van der Waals surface area contributed by atoms with Crippen LogP contribution < -0.4 is 11.1 Å². The number of hydrogen-bond donors (Lipinski definition) is 2. The second-order valence-electron chi connectivity index (χ2n) is 3.14. The molecule has 1 aliphatic rings. The molecule has 3 nitrogen and oxygen atoms in total. The van der Waals surface area contributed by atoms with E-state index in [2.05, 4.69) is 10.3 Å². The molecule has 0 aromatic heterocycles. The normalized spacial score (nSPS) is 20.7. The molecule has 0 saturated carbocycles. The number of nitrogens with two attached hydrogens (primary N) is 1. The molecule has 1 heterocycles. The number of amidine groups is 1. The molecule has 0 aromatic carbocycles. The van der Waals surface area contributed by atoms with Gasteiger partial charge in [0.25, 0.3) is 0 Å². The predicted molar refractivity (Wildman–Crippen MR) is 47.8 cm³/mol. The topological polar surface area (TPSA) is 50.4 Å². The zero-order valence-electron chi connectivity index (χ0n) is 7.14. The first-order valence-electron chi connectivity index (χ1n) is 4.32. The van der Waals surface area contributed by atoms with Crippen LogP contribution in [-0.2, 0) is 0 Å². The summed E-state index contributed by atoms with van der Waals surface area (Å²) in [4.78, 5) is 4.35. The highest BCUT2D eigenvalue weighted by Crippen LogP contribution is 2.03. The van der Waals surface area contributed by atoms with Gasteiger partial charge >= 0.3 is 0 Å². The molecule has 0 amide bonds. The molecule has 0 saturated heterocycles. The number of nitrogens with zero attached hydrogens (tertiary/aromatic N) is 1. The third-order valence-electron chi connectivity index (χ3n) is 1.75. The molecule has 3 heteroatoms. The SMILES string of the molecule is CC(N)CNC1=NCCCC1. The fraction of sp³-hybridized carbons (Fsp3) is 0.875. The minimum absolute atomic E-state index is 0.222. The molecule has 3 N–H and O–H groups in total. The molecule has 64 valence electrons. The van der Waals surface area contributed by atoms with Gasteiger partial charge in [-0.15, -0.1) is 0 Å². The first kappa shape index (κ1) is 8.53. The van der Waals surface area contributed by atoms with Crippen molar-refractivity contribution < 1.29 is 0 Å². The average molecular weight is 155 g/mol. The maximum Gasteiger partial charge on any atom is 0.0963 e. The predicted octanol–water partition coefficient (Wildman–Crippen LogP) is 0.506. The minimum atomic E-state index is 0.222. The van der Waals surface area contributed by atoms with Gasteiger partial charge in [0.1, 0.15) is 0 Å². The maximum atomic E-state index is 5.59. The zero-order chi connectivity index (χ0) is 8.10. The molecule has 0 bridgehead atoms. The highest BCUT2D eigenvalue weighted by Gasteiger charge is 2.04. The van der Waals surface area contributed by atoms with Gasteiger partial charge in [0, 0.05) is 25.6 Å². The summed E-state index contributed by atoms with van der Waals surface area (Å²) in [6.45, 7) is 3.83. The third-order valence-corrected chi connectivity index (χ3v) is 1.75. The molecule has 0 aromatic rings. The van der Waals surface area contributed by atoms with Crippen molar-refractivity contribution in [2.45, 2.75) is 32.2 Å². The van der Waals surface area contributed by atoms with Crippen molar-refractivity contribution in [3.8, 4) is 0 Å². The second-order valence-corrected chi connectivity index (χ2v) is 3.14. The van der Waals surface area contributed by atoms with Crippen LogP contribution in [0.25, 0.3) is 0 Å². The Bertz CT molecular complexity index is 140. The Balaban J connectivity index is 2.19. The summed E-state index contributed by atoms with van der Waals surface area (Å²) in [7, 11) is 0. The van der Waals surface area contributed by atoms with Crippen molar-refractivity contribution in [2.24, 2.45) is 10.7 Å². The number of hydrogen-bond acceptors (Lipinski definition) is 3. The van der Waals surface area contributed by atoms with Crippen LogP contribution in [0.5, 0.6) is 0 Å². The van der Waals surface area contributed by atoms with Gasteiger partial charge in [-0.2, -0.15) is 0 Å². The molecular weight excluding hydrogens is 138 g/mol. The van der Waals surface area contributed by atoms with Crippen molar-refractivity contribution in [3.63, 3.8) is 0 Å². The van der Waals surface area contributed by atoms with E-state index in [9.17, 15) is 0 Å². The van der Waals surface area contributed by atoms with Crippen LogP contribution in [0, 0.1) is 0 Å². The summed E-state index contributed by atoms with van der Waals surface area (Å²) >= 11 is 0. The van der Waals surface area contributed by atoms with E-state index in [-0.39, 0.29) is 6.04 Å². The van der Waals surface area contributed by atoms with Crippen molar-refractivity contribution in [2.75, 3.05) is 13.1 Å². The Morgan fingerprint density at radius 3 is 3.00 bits per heavy atom. The fourth-order valence-corrected chi connectivity index (χ4v) is 1.12. The van der Waals surface area contributed by atoms with E-state index in [0.717, 1.165) is 25.3 Å². The van der Waals surface area contributed by atoms with Crippen LogP contribution in [0.3, 0.4) is 0 Å². The van der Waals surface area contributed by atoms with Crippen LogP contribution in [0.4, 0.5) is 0 Å². The standard InChI is InChI=1S/C8H17N3/c1-7(9)6-11-8-4-2-3-5-10-8/h7H,2-6,9H2,1H3,(H,10,11). The fourth-order valence-electron chi connectivity index (χ4n) is 1.12. The molecule has 0 aliphatic carbocycles. The van der Waals surface area contributed by atoms with Gasteiger partial charge in [-0.25, -0.2) is 0 Å². The van der Waals surface area contributed by atoms with E-state index in [4.69, 9.17) is 5.73 Å². The van der Waals surface area contributed by atoms with Crippen LogP contribution in [-0.4, -0.2) is 25.0 Å². The molecule has 0 radical (unpaired) electrons. The average Bonchev–Trinajstić information content (AvgIpc) is 2.03. The van der Waals surface area contributed by atoms with E-state index < -0.39 is 0 Å². The first-order valence-corrected chi connectivity index (χ1v) is 4.32. The van der Waals surface area contributed by atoms with E-state index in [1.165, 1.54) is 12.8 Å². The lowest BCUT2D eigenvalue weighted by Gasteiger charge is -2.14. The number of rotatable bonds is 2. The van der Waals surface area contributed by atoms with Crippen molar-refractivity contribution >= 4 is 5.84 Å². The van der Waals surface area contributed by atoms with E-state index in [1.807, 2.05) is 6.92 Å². The largest absolute Gasteiger partial charge is 0.372 e. The minimum Gasteiger partial charge on any atom is -0.372 e. The van der Waals surface area contributed by atoms with Crippen molar-refractivity contribution in [1.29, 1.82) is 0 Å². The van der Waals surface area contributed by atoms with Gasteiger partial charge < -0.3 is 11.1 Å². The van der Waals surface area contributed by atoms with Crippen LogP contribution in [0.1, 0.15) is 26.2 Å². The number of nitrogens with one attached hydrogen (secondary N) is 1. The summed E-state index contributed by atoms with van der Waals surface area (Å²) < 4.78 is 0. The smallest absolute Gasteiger partial charge is 0.0963 e. The Morgan fingerprint density at radius 2 is 2.45 bits per heavy atom. The molecule has 1 aliphatic heterocycles. The van der Waals surface area contributed by atoms with Gasteiger partial charge in [0.05, 0.1) is 5.84 Å². The Labute approximate surface area is 68.1 Å². The third kappa shape index (κ3) is 3.37. The monoisotopic (exact) mass is 155 g/mol. The Kier molecular flexibility index (Phi) is 3.36. The molecule has 0 spiro atoms. The van der Waals surface area contributed by atoms with Gasteiger partial charge in [-0.1, -0.05) is 0 Å². The molecule has 1 rings (SSSR count). The zero-order valence-corrected chi connectivity index (χ0v) is 7.14. The molecule has 1 atom stereocenters. The van der Waals surface area contributed by atoms with Crippen LogP contribution in [0.15, 0.2) is 4.99 Å². The summed E-state index contributed by atoms with van der Waals surface area (Å²) in [6.07, 6.45) is 3.61. The first-order chi connectivity index (χ1) is 5.29. The van der Waals surface area contributed by atoms with Crippen molar-refractivity contribution in [1.82, 2.24) is 5.32 Å².